The third kappa shape index (κ3) is 4.38. The monoisotopic (exact) mass is 282 g/mol. The van der Waals surface area contributed by atoms with Crippen LogP contribution < -0.4 is 0 Å². The number of carbonyl (C=O) groups excluding carboxylic acids is 3. The SMILES string of the molecule is C.COC(=O)C(OC(=O)c1ccc(C)cc1)C(=O)OC. The molecular formula is C14H18O6. The van der Waals surface area contributed by atoms with Gasteiger partial charge in [0.2, 0.25) is 0 Å². The molecule has 20 heavy (non-hydrogen) atoms. The van der Waals surface area contributed by atoms with Gasteiger partial charge in [0.25, 0.3) is 6.10 Å². The molecule has 0 heterocycles. The lowest BCUT2D eigenvalue weighted by Gasteiger charge is -2.13. The second kappa shape index (κ2) is 7.93. The van der Waals surface area contributed by atoms with E-state index in [0.29, 0.717) is 0 Å². The summed E-state index contributed by atoms with van der Waals surface area (Å²) >= 11 is 0. The van der Waals surface area contributed by atoms with Gasteiger partial charge < -0.3 is 14.2 Å². The number of aryl methyl sites for hydroxylation is 1. The van der Waals surface area contributed by atoms with E-state index >= 15 is 0 Å². The van der Waals surface area contributed by atoms with Gasteiger partial charge in [-0.05, 0) is 19.1 Å². The zero-order valence-corrected chi connectivity index (χ0v) is 10.8. The van der Waals surface area contributed by atoms with Gasteiger partial charge in [0.15, 0.2) is 0 Å². The summed E-state index contributed by atoms with van der Waals surface area (Å²) in [7, 11) is 2.16. The van der Waals surface area contributed by atoms with Gasteiger partial charge in [-0.25, -0.2) is 14.4 Å². The molecule has 0 aliphatic rings. The highest BCUT2D eigenvalue weighted by Gasteiger charge is 2.33. The van der Waals surface area contributed by atoms with Crippen molar-refractivity contribution >= 4 is 17.9 Å². The molecule has 0 fully saturated rings. The normalized spacial score (nSPS) is 9.40. The number of hydrogen-bond donors (Lipinski definition) is 0. The van der Waals surface area contributed by atoms with Gasteiger partial charge in [-0.2, -0.15) is 0 Å². The molecular weight excluding hydrogens is 264 g/mol. The lowest BCUT2D eigenvalue weighted by molar-refractivity contribution is -0.165. The summed E-state index contributed by atoms with van der Waals surface area (Å²) in [6, 6.07) is 6.48. The van der Waals surface area contributed by atoms with Crippen molar-refractivity contribution in [2.45, 2.75) is 20.5 Å². The van der Waals surface area contributed by atoms with E-state index in [4.69, 9.17) is 4.74 Å². The molecule has 0 amide bonds. The summed E-state index contributed by atoms with van der Waals surface area (Å²) in [4.78, 5) is 34.4. The van der Waals surface area contributed by atoms with Crippen molar-refractivity contribution in [2.24, 2.45) is 0 Å². The second-order valence-corrected chi connectivity index (χ2v) is 3.70. The smallest absolute Gasteiger partial charge is 0.359 e. The van der Waals surface area contributed by atoms with Crippen molar-refractivity contribution in [3.8, 4) is 0 Å². The molecule has 0 saturated heterocycles. The number of methoxy groups -OCH3 is 2. The number of ether oxygens (including phenoxy) is 3. The Labute approximate surface area is 117 Å². The van der Waals surface area contributed by atoms with Crippen LogP contribution in [-0.2, 0) is 23.8 Å². The fraction of sp³-hybridized carbons (Fsp3) is 0.357. The van der Waals surface area contributed by atoms with Crippen LogP contribution in [0.15, 0.2) is 24.3 Å². The first-order valence-electron chi connectivity index (χ1n) is 5.43. The molecule has 0 spiro atoms. The third-order valence-electron chi connectivity index (χ3n) is 2.34. The van der Waals surface area contributed by atoms with Crippen molar-refractivity contribution in [3.05, 3.63) is 35.4 Å². The number of benzene rings is 1. The fourth-order valence-electron chi connectivity index (χ4n) is 1.27. The Morgan fingerprint density at radius 2 is 1.40 bits per heavy atom. The minimum absolute atomic E-state index is 0. The first-order valence-corrected chi connectivity index (χ1v) is 5.43. The second-order valence-electron chi connectivity index (χ2n) is 3.70. The molecule has 1 rings (SSSR count). The van der Waals surface area contributed by atoms with E-state index in [1.165, 1.54) is 12.1 Å². The zero-order chi connectivity index (χ0) is 14.4. The van der Waals surface area contributed by atoms with Gasteiger partial charge in [-0.3, -0.25) is 0 Å². The van der Waals surface area contributed by atoms with Crippen molar-refractivity contribution in [2.75, 3.05) is 14.2 Å². The minimum atomic E-state index is -1.72. The molecule has 1 aromatic rings. The van der Waals surface area contributed by atoms with Crippen molar-refractivity contribution in [3.63, 3.8) is 0 Å². The van der Waals surface area contributed by atoms with Crippen molar-refractivity contribution < 1.29 is 28.6 Å². The maximum absolute atomic E-state index is 11.8. The van der Waals surface area contributed by atoms with Gasteiger partial charge >= 0.3 is 17.9 Å². The Kier molecular flexibility index (Phi) is 6.99. The van der Waals surface area contributed by atoms with Gasteiger partial charge in [0.1, 0.15) is 0 Å². The largest absolute Gasteiger partial charge is 0.466 e. The predicted octanol–water partition coefficient (Wildman–Crippen LogP) is 1.50. The number of hydrogen-bond acceptors (Lipinski definition) is 6. The van der Waals surface area contributed by atoms with Crippen LogP contribution in [0.1, 0.15) is 23.3 Å². The number of carbonyl (C=O) groups is 3. The van der Waals surface area contributed by atoms with Gasteiger partial charge in [0.05, 0.1) is 19.8 Å². The molecule has 0 aromatic heterocycles. The van der Waals surface area contributed by atoms with E-state index in [9.17, 15) is 14.4 Å². The molecule has 0 saturated carbocycles. The fourth-order valence-corrected chi connectivity index (χ4v) is 1.27. The van der Waals surface area contributed by atoms with Crippen LogP contribution in [0.5, 0.6) is 0 Å². The highest BCUT2D eigenvalue weighted by Crippen LogP contribution is 2.08. The Hall–Kier alpha value is -2.37. The summed E-state index contributed by atoms with van der Waals surface area (Å²) in [5, 5.41) is 0. The molecule has 110 valence electrons. The van der Waals surface area contributed by atoms with Gasteiger partial charge in [-0.1, -0.05) is 25.1 Å². The number of rotatable bonds is 4. The van der Waals surface area contributed by atoms with Crippen LogP contribution in [0, 0.1) is 6.92 Å². The highest BCUT2D eigenvalue weighted by molar-refractivity contribution is 6.01. The van der Waals surface area contributed by atoms with E-state index in [1.807, 2.05) is 6.92 Å². The molecule has 0 aliphatic carbocycles. The lowest BCUT2D eigenvalue weighted by Crippen LogP contribution is -2.36. The van der Waals surface area contributed by atoms with Gasteiger partial charge in [0, 0.05) is 0 Å². The molecule has 1 aromatic carbocycles. The Morgan fingerprint density at radius 1 is 0.950 bits per heavy atom. The molecule has 0 bridgehead atoms. The summed E-state index contributed by atoms with van der Waals surface area (Å²) < 4.78 is 13.5. The van der Waals surface area contributed by atoms with Crippen LogP contribution in [0.3, 0.4) is 0 Å². The number of esters is 3. The lowest BCUT2D eigenvalue weighted by atomic mass is 10.1. The molecule has 0 aliphatic heterocycles. The van der Waals surface area contributed by atoms with E-state index in [-0.39, 0.29) is 13.0 Å². The summed E-state index contributed by atoms with van der Waals surface area (Å²) in [6.07, 6.45) is -1.72. The Morgan fingerprint density at radius 3 is 1.80 bits per heavy atom. The van der Waals surface area contributed by atoms with Crippen LogP contribution in [-0.4, -0.2) is 38.2 Å². The van der Waals surface area contributed by atoms with Crippen LogP contribution in [0.2, 0.25) is 0 Å². The molecule has 6 heteroatoms. The van der Waals surface area contributed by atoms with Crippen molar-refractivity contribution in [1.82, 2.24) is 0 Å². The average Bonchev–Trinajstić information content (AvgIpc) is 2.43. The topological polar surface area (TPSA) is 78.9 Å². The maximum Gasteiger partial charge on any atom is 0.359 e. The predicted molar refractivity (Wildman–Crippen MR) is 71.1 cm³/mol. The Bertz CT molecular complexity index is 461. The van der Waals surface area contributed by atoms with E-state index in [2.05, 4.69) is 9.47 Å². The van der Waals surface area contributed by atoms with Crippen LogP contribution >= 0.6 is 0 Å². The van der Waals surface area contributed by atoms with E-state index in [0.717, 1.165) is 19.8 Å². The van der Waals surface area contributed by atoms with Crippen molar-refractivity contribution in [1.29, 1.82) is 0 Å². The highest BCUT2D eigenvalue weighted by atomic mass is 16.6. The standard InChI is InChI=1S/C13H14O6.CH4/c1-8-4-6-9(7-5-8)11(14)19-10(12(15)17-2)13(16)18-3;/h4-7,10H,1-3H3;1H4. The Balaban J connectivity index is 0.00000361. The molecule has 6 nitrogen and oxygen atoms in total. The van der Waals surface area contributed by atoms with E-state index in [1.54, 1.807) is 12.1 Å². The molecule has 0 N–H and O–H groups in total. The van der Waals surface area contributed by atoms with Crippen LogP contribution in [0.25, 0.3) is 0 Å². The summed E-state index contributed by atoms with van der Waals surface area (Å²) in [6.45, 7) is 1.86. The molecule has 0 atom stereocenters. The summed E-state index contributed by atoms with van der Waals surface area (Å²) in [5.74, 6) is -2.79. The van der Waals surface area contributed by atoms with Gasteiger partial charge in [-0.15, -0.1) is 0 Å². The van der Waals surface area contributed by atoms with Crippen LogP contribution in [0.4, 0.5) is 0 Å². The molecule has 0 radical (unpaired) electrons. The minimum Gasteiger partial charge on any atom is -0.466 e. The molecule has 0 unspecified atom stereocenters. The average molecular weight is 282 g/mol. The quantitative estimate of drug-likeness (QED) is 0.473. The van der Waals surface area contributed by atoms with E-state index < -0.39 is 24.0 Å². The first kappa shape index (κ1) is 17.6. The third-order valence-corrected chi connectivity index (χ3v) is 2.34. The first-order chi connectivity index (χ1) is 8.99. The zero-order valence-electron chi connectivity index (χ0n) is 10.8. The summed E-state index contributed by atoms with van der Waals surface area (Å²) in [5.41, 5.74) is 1.19. The maximum atomic E-state index is 11.8.